The van der Waals surface area contributed by atoms with Gasteiger partial charge in [-0.3, -0.25) is 0 Å². The van der Waals surface area contributed by atoms with Gasteiger partial charge >= 0.3 is 0 Å². The number of nitrogens with two attached hydrogens (primary N) is 1. The van der Waals surface area contributed by atoms with Crippen molar-refractivity contribution in [3.05, 3.63) is 35.9 Å². The molecule has 5 heteroatoms. The first-order chi connectivity index (χ1) is 8.77. The van der Waals surface area contributed by atoms with Gasteiger partial charge in [0.25, 0.3) is 0 Å². The molecule has 0 fully saturated rings. The predicted octanol–water partition coefficient (Wildman–Crippen LogP) is 2.91. The molecule has 1 heterocycles. The predicted molar refractivity (Wildman–Crippen MR) is 76.3 cm³/mol. The Labute approximate surface area is 111 Å². The standard InChI is InChI=1S/C13H17N3OS/c1-10-12(14)16-18-13(10)15-8-5-9-17-11-6-3-2-4-7-11/h2-4,6-7,15H,5,8-9H2,1H3,(H2,14,16). The van der Waals surface area contributed by atoms with Gasteiger partial charge in [-0.25, -0.2) is 0 Å². The highest BCUT2D eigenvalue weighted by atomic mass is 32.1. The van der Waals surface area contributed by atoms with Crippen LogP contribution in [-0.2, 0) is 0 Å². The number of para-hydroxylation sites is 1. The number of hydrogen-bond donors (Lipinski definition) is 2. The molecule has 0 bridgehead atoms. The highest BCUT2D eigenvalue weighted by Gasteiger charge is 2.05. The quantitative estimate of drug-likeness (QED) is 0.787. The van der Waals surface area contributed by atoms with Gasteiger partial charge < -0.3 is 15.8 Å². The van der Waals surface area contributed by atoms with Crippen LogP contribution in [0.15, 0.2) is 30.3 Å². The van der Waals surface area contributed by atoms with Crippen molar-refractivity contribution in [3.8, 4) is 5.75 Å². The molecule has 0 atom stereocenters. The molecule has 4 nitrogen and oxygen atoms in total. The van der Waals surface area contributed by atoms with Gasteiger partial charge in [0.1, 0.15) is 16.6 Å². The Morgan fingerprint density at radius 1 is 1.33 bits per heavy atom. The number of rotatable bonds is 6. The monoisotopic (exact) mass is 263 g/mol. The minimum absolute atomic E-state index is 0.614. The van der Waals surface area contributed by atoms with Crippen LogP contribution in [0.5, 0.6) is 5.75 Å². The first kappa shape index (κ1) is 12.7. The Morgan fingerprint density at radius 2 is 2.11 bits per heavy atom. The van der Waals surface area contributed by atoms with Crippen LogP contribution in [0.2, 0.25) is 0 Å². The molecule has 1 aromatic heterocycles. The number of nitrogens with one attached hydrogen (secondary N) is 1. The Kier molecular flexibility index (Phi) is 4.41. The lowest BCUT2D eigenvalue weighted by molar-refractivity contribution is 0.315. The summed E-state index contributed by atoms with van der Waals surface area (Å²) in [4.78, 5) is 0. The molecule has 18 heavy (non-hydrogen) atoms. The molecule has 0 aliphatic rings. The van der Waals surface area contributed by atoms with Crippen LogP contribution in [0.1, 0.15) is 12.0 Å². The van der Waals surface area contributed by atoms with E-state index in [2.05, 4.69) is 9.69 Å². The molecule has 0 unspecified atom stereocenters. The van der Waals surface area contributed by atoms with E-state index in [0.29, 0.717) is 12.4 Å². The molecule has 0 saturated heterocycles. The molecule has 0 aliphatic carbocycles. The minimum atomic E-state index is 0.614. The maximum Gasteiger partial charge on any atom is 0.142 e. The summed E-state index contributed by atoms with van der Waals surface area (Å²) in [5.74, 6) is 1.53. The van der Waals surface area contributed by atoms with Crippen molar-refractivity contribution in [2.45, 2.75) is 13.3 Å². The van der Waals surface area contributed by atoms with Crippen LogP contribution in [0, 0.1) is 6.92 Å². The van der Waals surface area contributed by atoms with Gasteiger partial charge in [0.05, 0.1) is 6.61 Å². The SMILES string of the molecule is Cc1c(N)nsc1NCCCOc1ccccc1. The van der Waals surface area contributed by atoms with Gasteiger partial charge in [-0.05, 0) is 37.0 Å². The lowest BCUT2D eigenvalue weighted by atomic mass is 10.3. The molecule has 1 aromatic carbocycles. The zero-order valence-corrected chi connectivity index (χ0v) is 11.2. The van der Waals surface area contributed by atoms with Crippen molar-refractivity contribution in [2.75, 3.05) is 24.2 Å². The third-order valence-electron chi connectivity index (χ3n) is 2.58. The second kappa shape index (κ2) is 6.26. The number of ether oxygens (including phenoxy) is 1. The van der Waals surface area contributed by atoms with E-state index in [1.807, 2.05) is 37.3 Å². The molecule has 0 amide bonds. The Balaban J connectivity index is 1.66. The molecule has 2 aromatic rings. The first-order valence-corrected chi connectivity index (χ1v) is 6.68. The van der Waals surface area contributed by atoms with Crippen LogP contribution in [0.4, 0.5) is 10.8 Å². The highest BCUT2D eigenvalue weighted by Crippen LogP contribution is 2.24. The summed E-state index contributed by atoms with van der Waals surface area (Å²) in [6, 6.07) is 9.84. The van der Waals surface area contributed by atoms with Crippen molar-refractivity contribution >= 4 is 22.4 Å². The number of nitrogens with zero attached hydrogens (tertiary/aromatic N) is 1. The smallest absolute Gasteiger partial charge is 0.142 e. The number of nitrogen functional groups attached to an aromatic ring is 1. The fourth-order valence-corrected chi connectivity index (χ4v) is 2.23. The molecular formula is C13H17N3OS. The van der Waals surface area contributed by atoms with Gasteiger partial charge in [0.2, 0.25) is 0 Å². The third kappa shape index (κ3) is 3.37. The zero-order valence-electron chi connectivity index (χ0n) is 10.3. The van der Waals surface area contributed by atoms with Gasteiger partial charge in [0, 0.05) is 12.1 Å². The van der Waals surface area contributed by atoms with Crippen molar-refractivity contribution in [1.29, 1.82) is 0 Å². The van der Waals surface area contributed by atoms with Crippen LogP contribution in [0.25, 0.3) is 0 Å². The van der Waals surface area contributed by atoms with Crippen LogP contribution >= 0.6 is 11.5 Å². The van der Waals surface area contributed by atoms with Gasteiger partial charge in [-0.2, -0.15) is 4.37 Å². The minimum Gasteiger partial charge on any atom is -0.494 e. The third-order valence-corrected chi connectivity index (χ3v) is 3.50. The van der Waals surface area contributed by atoms with Crippen molar-refractivity contribution < 1.29 is 4.74 Å². The molecule has 0 aliphatic heterocycles. The van der Waals surface area contributed by atoms with Gasteiger partial charge in [-0.1, -0.05) is 18.2 Å². The van der Waals surface area contributed by atoms with Crippen molar-refractivity contribution in [1.82, 2.24) is 4.37 Å². The lowest BCUT2D eigenvalue weighted by Gasteiger charge is -2.07. The molecule has 2 rings (SSSR count). The van der Waals surface area contributed by atoms with E-state index in [1.54, 1.807) is 0 Å². The Bertz CT molecular complexity index is 484. The summed E-state index contributed by atoms with van der Waals surface area (Å²) in [5.41, 5.74) is 6.71. The summed E-state index contributed by atoms with van der Waals surface area (Å²) >= 11 is 1.40. The fourth-order valence-electron chi connectivity index (χ4n) is 1.49. The topological polar surface area (TPSA) is 60.2 Å². The summed E-state index contributed by atoms with van der Waals surface area (Å²) in [6.45, 7) is 3.53. The van der Waals surface area contributed by atoms with Crippen molar-refractivity contribution in [2.24, 2.45) is 0 Å². The maximum absolute atomic E-state index is 5.68. The maximum atomic E-state index is 5.68. The average molecular weight is 263 g/mol. The first-order valence-electron chi connectivity index (χ1n) is 5.91. The van der Waals surface area contributed by atoms with E-state index in [9.17, 15) is 0 Å². The van der Waals surface area contributed by atoms with Gasteiger partial charge in [-0.15, -0.1) is 0 Å². The second-order valence-electron chi connectivity index (χ2n) is 3.96. The normalized spacial score (nSPS) is 10.3. The largest absolute Gasteiger partial charge is 0.494 e. The number of benzene rings is 1. The van der Waals surface area contributed by atoms with E-state index in [4.69, 9.17) is 10.5 Å². The number of hydrogen-bond acceptors (Lipinski definition) is 5. The number of aromatic nitrogens is 1. The molecule has 0 radical (unpaired) electrons. The Hall–Kier alpha value is -1.75. The molecular weight excluding hydrogens is 246 g/mol. The van der Waals surface area contributed by atoms with Crippen LogP contribution in [-0.4, -0.2) is 17.5 Å². The summed E-state index contributed by atoms with van der Waals surface area (Å²) in [5, 5.41) is 4.36. The summed E-state index contributed by atoms with van der Waals surface area (Å²) in [7, 11) is 0. The fraction of sp³-hybridized carbons (Fsp3) is 0.308. The van der Waals surface area contributed by atoms with E-state index < -0.39 is 0 Å². The molecule has 96 valence electrons. The van der Waals surface area contributed by atoms with E-state index >= 15 is 0 Å². The zero-order chi connectivity index (χ0) is 12.8. The van der Waals surface area contributed by atoms with E-state index in [1.165, 1.54) is 11.5 Å². The van der Waals surface area contributed by atoms with Crippen molar-refractivity contribution in [3.63, 3.8) is 0 Å². The summed E-state index contributed by atoms with van der Waals surface area (Å²) in [6.07, 6.45) is 0.937. The van der Waals surface area contributed by atoms with E-state index in [0.717, 1.165) is 29.3 Å². The van der Waals surface area contributed by atoms with Crippen LogP contribution < -0.4 is 15.8 Å². The summed E-state index contributed by atoms with van der Waals surface area (Å²) < 4.78 is 9.69. The van der Waals surface area contributed by atoms with Gasteiger partial charge in [0.15, 0.2) is 0 Å². The molecule has 0 saturated carbocycles. The number of anilines is 2. The average Bonchev–Trinajstić information content (AvgIpc) is 2.71. The Morgan fingerprint density at radius 3 is 2.78 bits per heavy atom. The molecule has 3 N–H and O–H groups in total. The molecule has 0 spiro atoms. The van der Waals surface area contributed by atoms with Crippen LogP contribution in [0.3, 0.4) is 0 Å². The second-order valence-corrected chi connectivity index (χ2v) is 4.74. The van der Waals surface area contributed by atoms with E-state index in [-0.39, 0.29) is 0 Å². The lowest BCUT2D eigenvalue weighted by Crippen LogP contribution is -2.07. The highest BCUT2D eigenvalue weighted by molar-refractivity contribution is 7.10.